The van der Waals surface area contributed by atoms with Gasteiger partial charge >= 0.3 is 12.3 Å². The quantitative estimate of drug-likeness (QED) is 0.396. The molecule has 2 heterocycles. The highest BCUT2D eigenvalue weighted by molar-refractivity contribution is 7.22. The van der Waals surface area contributed by atoms with Gasteiger partial charge in [-0.1, -0.05) is 11.3 Å². The average molecular weight is 450 g/mol. The molecule has 0 aliphatic heterocycles. The molecule has 0 fully saturated rings. The molecule has 1 N–H and O–H groups in total. The number of carbonyl (C=O) groups excluding carboxylic acids is 1. The van der Waals surface area contributed by atoms with E-state index in [9.17, 15) is 18.0 Å². The fourth-order valence-corrected chi connectivity index (χ4v) is 4.09. The third kappa shape index (κ3) is 4.26. The molecule has 162 valence electrons. The van der Waals surface area contributed by atoms with E-state index in [-0.39, 0.29) is 11.8 Å². The summed E-state index contributed by atoms with van der Waals surface area (Å²) in [6.45, 7) is 3.97. The fraction of sp³-hybridized carbons (Fsp3) is 0.250. The number of thiazole rings is 1. The van der Waals surface area contributed by atoms with Crippen molar-refractivity contribution in [3.63, 3.8) is 0 Å². The van der Waals surface area contributed by atoms with Crippen LogP contribution in [0.3, 0.4) is 0 Å². The lowest BCUT2D eigenvalue weighted by Crippen LogP contribution is -2.16. The smallest absolute Gasteiger partial charge is 0.465 e. The van der Waals surface area contributed by atoms with Gasteiger partial charge in [0.1, 0.15) is 5.75 Å². The minimum atomic E-state index is -4.76. The van der Waals surface area contributed by atoms with Crippen molar-refractivity contribution in [2.75, 3.05) is 12.4 Å². The summed E-state index contributed by atoms with van der Waals surface area (Å²) in [5.41, 5.74) is 2.32. The summed E-state index contributed by atoms with van der Waals surface area (Å²) >= 11 is 1.18. The molecule has 0 radical (unpaired) electrons. The summed E-state index contributed by atoms with van der Waals surface area (Å²) in [6.07, 6.45) is -4.76. The van der Waals surface area contributed by atoms with Crippen molar-refractivity contribution in [2.45, 2.75) is 26.3 Å². The highest BCUT2D eigenvalue weighted by Gasteiger charge is 2.31. The molecule has 2 aromatic carbocycles. The molecule has 31 heavy (non-hydrogen) atoms. The van der Waals surface area contributed by atoms with E-state index >= 15 is 0 Å². The van der Waals surface area contributed by atoms with E-state index in [4.69, 9.17) is 4.74 Å². The number of nitrogens with one attached hydrogen (secondary N) is 1. The van der Waals surface area contributed by atoms with Crippen LogP contribution in [0, 0.1) is 0 Å². The van der Waals surface area contributed by atoms with Gasteiger partial charge in [0, 0.05) is 12.1 Å². The first-order valence-electron chi connectivity index (χ1n) is 9.18. The molecule has 0 saturated carbocycles. The summed E-state index contributed by atoms with van der Waals surface area (Å²) in [5, 5.41) is 3.61. The molecule has 0 aliphatic carbocycles. The number of rotatable bonds is 5. The number of hydrogen-bond donors (Lipinski definition) is 1. The first kappa shape index (κ1) is 20.9. The zero-order valence-electron chi connectivity index (χ0n) is 16.6. The van der Waals surface area contributed by atoms with E-state index < -0.39 is 12.3 Å². The summed E-state index contributed by atoms with van der Waals surface area (Å²) in [7, 11) is 1.31. The van der Waals surface area contributed by atoms with Gasteiger partial charge in [0.2, 0.25) is 5.95 Å². The van der Waals surface area contributed by atoms with Crippen LogP contribution < -0.4 is 10.1 Å². The number of methoxy groups -OCH3 is 1. The SMILES string of the molecule is COC(=O)c1ccc2c(c1)nc(Nc1nc3ccc(OC(F)(F)F)cc3s1)n2C(C)C. The topological polar surface area (TPSA) is 78.3 Å². The highest BCUT2D eigenvalue weighted by Crippen LogP contribution is 2.34. The van der Waals surface area contributed by atoms with E-state index in [1.54, 1.807) is 18.2 Å². The van der Waals surface area contributed by atoms with Gasteiger partial charge in [-0.2, -0.15) is 0 Å². The molecular formula is C20H17F3N4O3S. The van der Waals surface area contributed by atoms with Gasteiger partial charge in [-0.25, -0.2) is 14.8 Å². The number of imidazole rings is 1. The van der Waals surface area contributed by atoms with Crippen molar-refractivity contribution >= 4 is 49.6 Å². The van der Waals surface area contributed by atoms with Gasteiger partial charge in [-0.05, 0) is 44.2 Å². The van der Waals surface area contributed by atoms with Crippen LogP contribution in [0.5, 0.6) is 5.75 Å². The molecule has 0 spiro atoms. The maximum atomic E-state index is 12.5. The minimum absolute atomic E-state index is 0.0395. The number of alkyl halides is 3. The lowest BCUT2D eigenvalue weighted by Gasteiger charge is -2.13. The Morgan fingerprint density at radius 3 is 2.58 bits per heavy atom. The van der Waals surface area contributed by atoms with Crippen LogP contribution in [0.4, 0.5) is 24.3 Å². The molecule has 0 unspecified atom stereocenters. The second-order valence-corrected chi connectivity index (χ2v) is 7.95. The number of hydrogen-bond acceptors (Lipinski definition) is 7. The molecular weight excluding hydrogens is 433 g/mol. The number of halogens is 3. The number of carbonyl (C=O) groups is 1. The molecule has 11 heteroatoms. The molecule has 0 bridgehead atoms. The summed E-state index contributed by atoms with van der Waals surface area (Å²) < 4.78 is 48.6. The second-order valence-electron chi connectivity index (χ2n) is 6.92. The Kier molecular flexibility index (Phi) is 5.21. The highest BCUT2D eigenvalue weighted by atomic mass is 32.1. The van der Waals surface area contributed by atoms with Crippen molar-refractivity contribution in [3.8, 4) is 5.75 Å². The molecule has 0 amide bonds. The standard InChI is InChI=1S/C20H17F3N4O3S/c1-10(2)27-15-7-4-11(17(28)29-3)8-14(15)24-18(27)26-19-25-13-6-5-12(9-16(13)31-19)30-20(21,22)23/h4-10H,1-3H3,(H,24,25,26). The van der Waals surface area contributed by atoms with Crippen molar-refractivity contribution < 1.29 is 27.4 Å². The van der Waals surface area contributed by atoms with Crippen LogP contribution in [-0.4, -0.2) is 34.0 Å². The zero-order valence-corrected chi connectivity index (χ0v) is 17.5. The lowest BCUT2D eigenvalue weighted by molar-refractivity contribution is -0.274. The number of anilines is 2. The predicted octanol–water partition coefficient (Wildman–Crippen LogP) is 5.66. The van der Waals surface area contributed by atoms with Gasteiger partial charge in [-0.3, -0.25) is 0 Å². The molecule has 7 nitrogen and oxygen atoms in total. The molecule has 0 aliphatic rings. The molecule has 0 saturated heterocycles. The maximum Gasteiger partial charge on any atom is 0.573 e. The lowest BCUT2D eigenvalue weighted by atomic mass is 10.2. The third-order valence-corrected chi connectivity index (χ3v) is 5.37. The van der Waals surface area contributed by atoms with Crippen LogP contribution in [0.15, 0.2) is 36.4 Å². The number of nitrogens with zero attached hydrogens (tertiary/aromatic N) is 3. The number of aromatic nitrogens is 3. The Morgan fingerprint density at radius 2 is 1.90 bits per heavy atom. The Bertz CT molecular complexity index is 1280. The zero-order chi connectivity index (χ0) is 22.3. The van der Waals surface area contributed by atoms with Gasteiger partial charge in [0.25, 0.3) is 0 Å². The van der Waals surface area contributed by atoms with Crippen molar-refractivity contribution in [3.05, 3.63) is 42.0 Å². The molecule has 4 rings (SSSR count). The normalized spacial score (nSPS) is 12.0. The van der Waals surface area contributed by atoms with Crippen LogP contribution in [0.25, 0.3) is 21.3 Å². The van der Waals surface area contributed by atoms with Crippen LogP contribution >= 0.6 is 11.3 Å². The van der Waals surface area contributed by atoms with E-state index in [0.29, 0.717) is 32.4 Å². The van der Waals surface area contributed by atoms with Crippen molar-refractivity contribution in [2.24, 2.45) is 0 Å². The molecule has 0 atom stereocenters. The second kappa shape index (κ2) is 7.73. The number of esters is 1. The van der Waals surface area contributed by atoms with E-state index in [0.717, 1.165) is 5.52 Å². The Hall–Kier alpha value is -3.34. The van der Waals surface area contributed by atoms with Crippen LogP contribution in [-0.2, 0) is 4.74 Å². The van der Waals surface area contributed by atoms with E-state index in [1.807, 2.05) is 18.4 Å². The van der Waals surface area contributed by atoms with Crippen molar-refractivity contribution in [1.29, 1.82) is 0 Å². The van der Waals surface area contributed by atoms with E-state index in [1.165, 1.54) is 36.6 Å². The Balaban J connectivity index is 1.70. The van der Waals surface area contributed by atoms with Crippen molar-refractivity contribution in [1.82, 2.24) is 14.5 Å². The summed E-state index contributed by atoms with van der Waals surface area (Å²) in [6, 6.07) is 9.11. The largest absolute Gasteiger partial charge is 0.573 e. The first-order chi connectivity index (χ1) is 14.6. The molecule has 4 aromatic rings. The van der Waals surface area contributed by atoms with E-state index in [2.05, 4.69) is 20.0 Å². The predicted molar refractivity (Wildman–Crippen MR) is 111 cm³/mol. The maximum absolute atomic E-state index is 12.5. The first-order valence-corrected chi connectivity index (χ1v) is 10.00. The minimum Gasteiger partial charge on any atom is -0.465 e. The van der Waals surface area contributed by atoms with Gasteiger partial charge in [-0.15, -0.1) is 13.2 Å². The van der Waals surface area contributed by atoms with Gasteiger partial charge < -0.3 is 19.4 Å². The van der Waals surface area contributed by atoms with Crippen LogP contribution in [0.2, 0.25) is 0 Å². The Labute approximate surface area is 178 Å². The summed E-state index contributed by atoms with van der Waals surface area (Å²) in [4.78, 5) is 20.8. The fourth-order valence-electron chi connectivity index (χ4n) is 3.21. The van der Waals surface area contributed by atoms with Gasteiger partial charge in [0.05, 0.1) is 33.9 Å². The average Bonchev–Trinajstić information content (AvgIpc) is 3.25. The van der Waals surface area contributed by atoms with Crippen LogP contribution in [0.1, 0.15) is 30.2 Å². The molecule has 2 aromatic heterocycles. The van der Waals surface area contributed by atoms with Gasteiger partial charge in [0.15, 0.2) is 5.13 Å². The monoisotopic (exact) mass is 450 g/mol. The number of ether oxygens (including phenoxy) is 2. The summed E-state index contributed by atoms with van der Waals surface area (Å²) in [5.74, 6) is -0.267. The number of benzene rings is 2. The number of fused-ring (bicyclic) bond motifs is 2. The Morgan fingerprint density at radius 1 is 1.13 bits per heavy atom. The third-order valence-electron chi connectivity index (χ3n) is 4.44.